The van der Waals surface area contributed by atoms with Crippen molar-refractivity contribution in [3.8, 4) is 0 Å². The number of rotatable bonds is 2. The lowest BCUT2D eigenvalue weighted by molar-refractivity contribution is 0.0856. The molecular weight excluding hydrogens is 242 g/mol. The third-order valence-corrected chi connectivity index (χ3v) is 3.25. The Bertz CT molecular complexity index is 372. The molecule has 2 nitrogen and oxygen atoms in total. The second-order valence-corrected chi connectivity index (χ2v) is 4.64. The molecule has 0 heterocycles. The molecule has 1 aromatic carbocycles. The predicted octanol–water partition coefficient (Wildman–Crippen LogP) is 3.01. The van der Waals surface area contributed by atoms with Gasteiger partial charge in [0.15, 0.2) is 5.78 Å². The van der Waals surface area contributed by atoms with Crippen molar-refractivity contribution in [1.82, 2.24) is 0 Å². The molecule has 0 bridgehead atoms. The first-order chi connectivity index (χ1) is 6.68. The summed E-state index contributed by atoms with van der Waals surface area (Å²) >= 11 is 3.35. The summed E-state index contributed by atoms with van der Waals surface area (Å²) in [7, 11) is 0. The summed E-state index contributed by atoms with van der Waals surface area (Å²) in [6.45, 7) is 0. The summed E-state index contributed by atoms with van der Waals surface area (Å²) in [5.74, 6) is 0.418. The van der Waals surface area contributed by atoms with Gasteiger partial charge in [0, 0.05) is 21.6 Å². The second-order valence-electron chi connectivity index (χ2n) is 3.72. The minimum Gasteiger partial charge on any atom is -0.398 e. The molecule has 1 aliphatic carbocycles. The van der Waals surface area contributed by atoms with E-state index < -0.39 is 0 Å². The number of carbonyl (C=O) groups excluding carboxylic acids is 1. The average Bonchev–Trinajstić information content (AvgIpc) is 2.06. The molecule has 0 spiro atoms. The van der Waals surface area contributed by atoms with Gasteiger partial charge in [0.2, 0.25) is 0 Å². The molecule has 0 unspecified atom stereocenters. The van der Waals surface area contributed by atoms with E-state index in [0.29, 0.717) is 11.3 Å². The summed E-state index contributed by atoms with van der Waals surface area (Å²) in [4.78, 5) is 11.9. The largest absolute Gasteiger partial charge is 0.398 e. The number of hydrogen-bond acceptors (Lipinski definition) is 2. The zero-order chi connectivity index (χ0) is 10.1. The molecule has 3 heteroatoms. The van der Waals surface area contributed by atoms with Gasteiger partial charge in [-0.15, -0.1) is 0 Å². The normalized spacial score (nSPS) is 16.4. The fourth-order valence-electron chi connectivity index (χ4n) is 1.63. The molecule has 74 valence electrons. The summed E-state index contributed by atoms with van der Waals surface area (Å²) in [6, 6.07) is 5.44. The molecule has 14 heavy (non-hydrogen) atoms. The number of hydrogen-bond donors (Lipinski definition) is 1. The number of carbonyl (C=O) groups is 1. The highest BCUT2D eigenvalue weighted by atomic mass is 79.9. The van der Waals surface area contributed by atoms with Crippen LogP contribution >= 0.6 is 15.9 Å². The number of nitrogens with two attached hydrogens (primary N) is 1. The van der Waals surface area contributed by atoms with E-state index >= 15 is 0 Å². The molecule has 2 N–H and O–H groups in total. The Labute approximate surface area is 91.6 Å². The van der Waals surface area contributed by atoms with Crippen molar-refractivity contribution in [2.45, 2.75) is 19.3 Å². The Balaban J connectivity index is 2.29. The molecule has 1 fully saturated rings. The smallest absolute Gasteiger partial charge is 0.168 e. The first-order valence-electron chi connectivity index (χ1n) is 4.77. The highest BCUT2D eigenvalue weighted by molar-refractivity contribution is 9.10. The summed E-state index contributed by atoms with van der Waals surface area (Å²) in [6.07, 6.45) is 3.21. The zero-order valence-corrected chi connectivity index (χ0v) is 9.38. The predicted molar refractivity (Wildman–Crippen MR) is 60.2 cm³/mol. The van der Waals surface area contributed by atoms with Crippen LogP contribution in [0.4, 0.5) is 5.69 Å². The van der Waals surface area contributed by atoms with Crippen molar-refractivity contribution >= 4 is 27.4 Å². The first kappa shape index (κ1) is 9.71. The number of anilines is 1. The first-order valence-corrected chi connectivity index (χ1v) is 5.57. The van der Waals surface area contributed by atoms with Gasteiger partial charge in [0.1, 0.15) is 0 Å². The number of halogens is 1. The Morgan fingerprint density at radius 1 is 1.43 bits per heavy atom. The number of Topliss-reactive ketones (excluding diaryl/α,β-unsaturated/α-hetero) is 1. The molecule has 0 saturated heterocycles. The number of benzene rings is 1. The maximum Gasteiger partial charge on any atom is 0.168 e. The fourth-order valence-corrected chi connectivity index (χ4v) is 1.99. The van der Waals surface area contributed by atoms with Crippen LogP contribution in [0.25, 0.3) is 0 Å². The maximum atomic E-state index is 11.9. The van der Waals surface area contributed by atoms with E-state index in [0.717, 1.165) is 17.3 Å². The molecule has 1 saturated carbocycles. The molecule has 0 radical (unpaired) electrons. The quantitative estimate of drug-likeness (QED) is 0.651. The minimum absolute atomic E-state index is 0.204. The fraction of sp³-hybridized carbons (Fsp3) is 0.364. The van der Waals surface area contributed by atoms with E-state index in [4.69, 9.17) is 5.73 Å². The van der Waals surface area contributed by atoms with Crippen molar-refractivity contribution in [3.05, 3.63) is 28.2 Å². The van der Waals surface area contributed by atoms with Crippen molar-refractivity contribution in [2.24, 2.45) is 5.92 Å². The van der Waals surface area contributed by atoms with Crippen LogP contribution in [0.1, 0.15) is 29.6 Å². The lowest BCUT2D eigenvalue weighted by atomic mass is 9.79. The molecule has 0 aliphatic heterocycles. The highest BCUT2D eigenvalue weighted by Crippen LogP contribution is 2.32. The lowest BCUT2D eigenvalue weighted by Gasteiger charge is -2.24. The monoisotopic (exact) mass is 253 g/mol. The zero-order valence-electron chi connectivity index (χ0n) is 7.79. The third kappa shape index (κ3) is 1.69. The Hall–Kier alpha value is -0.830. The number of nitrogen functional groups attached to an aromatic ring is 1. The van der Waals surface area contributed by atoms with Gasteiger partial charge in [-0.1, -0.05) is 22.4 Å². The second kappa shape index (κ2) is 3.73. The Kier molecular flexibility index (Phi) is 2.59. The van der Waals surface area contributed by atoms with Gasteiger partial charge in [-0.05, 0) is 31.0 Å². The summed E-state index contributed by atoms with van der Waals surface area (Å²) < 4.78 is 0.911. The summed E-state index contributed by atoms with van der Waals surface area (Å²) in [5.41, 5.74) is 7.02. The van der Waals surface area contributed by atoms with Crippen LogP contribution < -0.4 is 5.73 Å². The van der Waals surface area contributed by atoms with Crippen molar-refractivity contribution in [3.63, 3.8) is 0 Å². The molecule has 0 aromatic heterocycles. The lowest BCUT2D eigenvalue weighted by Crippen LogP contribution is -2.22. The Morgan fingerprint density at radius 2 is 2.14 bits per heavy atom. The van der Waals surface area contributed by atoms with E-state index in [1.54, 1.807) is 6.07 Å². The van der Waals surface area contributed by atoms with E-state index in [1.807, 2.05) is 12.1 Å². The van der Waals surface area contributed by atoms with E-state index in [1.165, 1.54) is 6.42 Å². The van der Waals surface area contributed by atoms with Crippen LogP contribution in [0.3, 0.4) is 0 Å². The topological polar surface area (TPSA) is 43.1 Å². The van der Waals surface area contributed by atoms with E-state index in [2.05, 4.69) is 15.9 Å². The minimum atomic E-state index is 0.204. The van der Waals surface area contributed by atoms with Gasteiger partial charge in [-0.25, -0.2) is 0 Å². The van der Waals surface area contributed by atoms with Crippen LogP contribution in [0, 0.1) is 5.92 Å². The van der Waals surface area contributed by atoms with Gasteiger partial charge in [-0.3, -0.25) is 4.79 Å². The van der Waals surface area contributed by atoms with Crippen molar-refractivity contribution < 1.29 is 4.79 Å². The molecule has 0 amide bonds. The van der Waals surface area contributed by atoms with Crippen molar-refractivity contribution in [1.29, 1.82) is 0 Å². The van der Waals surface area contributed by atoms with Gasteiger partial charge in [-0.2, -0.15) is 0 Å². The molecule has 2 rings (SSSR count). The molecule has 1 aromatic rings. The van der Waals surface area contributed by atoms with E-state index in [-0.39, 0.29) is 11.7 Å². The van der Waals surface area contributed by atoms with Crippen LogP contribution in [0.15, 0.2) is 22.7 Å². The van der Waals surface area contributed by atoms with Crippen LogP contribution in [0.2, 0.25) is 0 Å². The van der Waals surface area contributed by atoms with Crippen LogP contribution in [-0.4, -0.2) is 5.78 Å². The highest BCUT2D eigenvalue weighted by Gasteiger charge is 2.27. The summed E-state index contributed by atoms with van der Waals surface area (Å²) in [5, 5.41) is 0. The Morgan fingerprint density at radius 3 is 2.71 bits per heavy atom. The molecule has 0 atom stereocenters. The number of ketones is 1. The van der Waals surface area contributed by atoms with Crippen LogP contribution in [-0.2, 0) is 0 Å². The van der Waals surface area contributed by atoms with E-state index in [9.17, 15) is 4.79 Å². The third-order valence-electron chi connectivity index (χ3n) is 2.76. The SMILES string of the molecule is Nc1ccc(Br)cc1C(=O)C1CCC1. The van der Waals surface area contributed by atoms with Gasteiger partial charge in [0.05, 0.1) is 0 Å². The average molecular weight is 254 g/mol. The van der Waals surface area contributed by atoms with Gasteiger partial charge in [0.25, 0.3) is 0 Å². The maximum absolute atomic E-state index is 11.9. The molecule has 1 aliphatic rings. The van der Waals surface area contributed by atoms with Crippen molar-refractivity contribution in [2.75, 3.05) is 5.73 Å². The molecular formula is C11H12BrNO. The van der Waals surface area contributed by atoms with Gasteiger partial charge >= 0.3 is 0 Å². The van der Waals surface area contributed by atoms with Gasteiger partial charge < -0.3 is 5.73 Å². The van der Waals surface area contributed by atoms with Crippen LogP contribution in [0.5, 0.6) is 0 Å². The standard InChI is InChI=1S/C11H12BrNO/c12-8-4-5-10(13)9(6-8)11(14)7-2-1-3-7/h4-7H,1-3,13H2.